The summed E-state index contributed by atoms with van der Waals surface area (Å²) in [4.78, 5) is 10.6. The largest absolute Gasteiger partial charge is 0.479 e. The quantitative estimate of drug-likeness (QED) is 0.293. The number of epoxide rings is 1. The van der Waals surface area contributed by atoms with E-state index in [9.17, 15) is 9.90 Å². The van der Waals surface area contributed by atoms with Crippen LogP contribution in [0.15, 0.2) is 12.2 Å². The van der Waals surface area contributed by atoms with Crippen LogP contribution in [0.3, 0.4) is 0 Å². The monoisotopic (exact) mass is 188 g/mol. The molecule has 1 aliphatic carbocycles. The molecule has 12 heavy (non-hydrogen) atoms. The van der Waals surface area contributed by atoms with Gasteiger partial charge in [0, 0.05) is 0 Å². The first kappa shape index (κ1) is 8.10. The molecule has 0 spiro atoms. The van der Waals surface area contributed by atoms with Crippen molar-refractivity contribution in [3.8, 4) is 0 Å². The molecule has 0 radical (unpaired) electrons. The van der Waals surface area contributed by atoms with Gasteiger partial charge in [0.15, 0.2) is 5.60 Å². The molecule has 1 heterocycles. The van der Waals surface area contributed by atoms with E-state index in [-0.39, 0.29) is 12.2 Å². The fraction of sp³-hybridized carbons (Fsp3) is 0.571. The lowest BCUT2D eigenvalue weighted by Gasteiger charge is -2.26. The van der Waals surface area contributed by atoms with Crippen molar-refractivity contribution in [3.63, 3.8) is 0 Å². The van der Waals surface area contributed by atoms with Gasteiger partial charge in [-0.15, -0.1) is 0 Å². The normalized spacial score (nSPS) is 50.0. The molecule has 0 bridgehead atoms. The van der Waals surface area contributed by atoms with Gasteiger partial charge in [0.25, 0.3) is 0 Å². The SMILES string of the molecule is O=C(O)[C@]1(O)C=C[C@H]2O[C@H]2[C@H]1S. The van der Waals surface area contributed by atoms with Crippen LogP contribution in [0.4, 0.5) is 0 Å². The third-order valence-electron chi connectivity index (χ3n) is 2.21. The van der Waals surface area contributed by atoms with E-state index < -0.39 is 16.8 Å². The summed E-state index contributed by atoms with van der Waals surface area (Å²) in [5, 5.41) is 17.6. The number of aliphatic carboxylic acids is 1. The molecule has 0 saturated carbocycles. The summed E-state index contributed by atoms with van der Waals surface area (Å²) in [6.45, 7) is 0. The molecule has 0 aromatic carbocycles. The predicted octanol–water partition coefficient (Wildman–Crippen LogP) is -0.562. The van der Waals surface area contributed by atoms with Gasteiger partial charge in [-0.3, -0.25) is 0 Å². The zero-order valence-electron chi connectivity index (χ0n) is 6.04. The van der Waals surface area contributed by atoms with E-state index in [0.717, 1.165) is 0 Å². The molecule has 2 N–H and O–H groups in total. The highest BCUT2D eigenvalue weighted by Crippen LogP contribution is 2.40. The van der Waals surface area contributed by atoms with Crippen molar-refractivity contribution in [2.24, 2.45) is 0 Å². The van der Waals surface area contributed by atoms with Gasteiger partial charge in [-0.25, -0.2) is 4.79 Å². The molecule has 66 valence electrons. The van der Waals surface area contributed by atoms with Gasteiger partial charge >= 0.3 is 5.97 Å². The molecule has 0 aromatic rings. The highest BCUT2D eigenvalue weighted by Gasteiger charge is 2.56. The highest BCUT2D eigenvalue weighted by molar-refractivity contribution is 7.81. The van der Waals surface area contributed by atoms with Gasteiger partial charge in [-0.2, -0.15) is 12.6 Å². The average Bonchev–Trinajstić information content (AvgIpc) is 2.76. The second-order valence-electron chi connectivity index (χ2n) is 3.00. The zero-order chi connectivity index (χ0) is 8.93. The maximum absolute atomic E-state index is 10.6. The molecular formula is C7H8O4S. The first-order chi connectivity index (χ1) is 5.55. The number of thiol groups is 1. The molecule has 2 rings (SSSR count). The fourth-order valence-corrected chi connectivity index (χ4v) is 1.77. The average molecular weight is 188 g/mol. The Morgan fingerprint density at radius 1 is 1.67 bits per heavy atom. The first-order valence-electron chi connectivity index (χ1n) is 3.54. The van der Waals surface area contributed by atoms with Crippen molar-refractivity contribution in [1.82, 2.24) is 0 Å². The Bertz CT molecular complexity index is 264. The van der Waals surface area contributed by atoms with Crippen LogP contribution in [-0.4, -0.2) is 39.2 Å². The minimum atomic E-state index is -1.87. The van der Waals surface area contributed by atoms with Crippen molar-refractivity contribution < 1.29 is 19.7 Å². The second-order valence-corrected chi connectivity index (χ2v) is 3.56. The number of carboxylic acids is 1. The zero-order valence-corrected chi connectivity index (χ0v) is 6.94. The smallest absolute Gasteiger partial charge is 0.341 e. The van der Waals surface area contributed by atoms with Crippen LogP contribution in [0.5, 0.6) is 0 Å². The van der Waals surface area contributed by atoms with E-state index in [1.165, 1.54) is 6.08 Å². The topological polar surface area (TPSA) is 70.1 Å². The Labute approximate surface area is 74.2 Å². The molecule has 1 saturated heterocycles. The highest BCUT2D eigenvalue weighted by atomic mass is 32.1. The van der Waals surface area contributed by atoms with Crippen molar-refractivity contribution >= 4 is 18.6 Å². The van der Waals surface area contributed by atoms with Gasteiger partial charge in [-0.1, -0.05) is 6.08 Å². The van der Waals surface area contributed by atoms with Crippen LogP contribution in [0.1, 0.15) is 0 Å². The molecule has 0 aromatic heterocycles. The number of hydrogen-bond donors (Lipinski definition) is 3. The molecule has 2 aliphatic rings. The standard InChI is InChI=1S/C7H8O4S/c8-6(9)7(10)2-1-3-4(11-3)5(7)12/h1-5,10,12H,(H,8,9)/t3-,4-,5-,7+/m1/s1. The number of aliphatic hydroxyl groups is 1. The van der Waals surface area contributed by atoms with Crippen LogP contribution in [0, 0.1) is 0 Å². The minimum Gasteiger partial charge on any atom is -0.479 e. The summed E-state index contributed by atoms with van der Waals surface area (Å²) in [6.07, 6.45) is 2.50. The Balaban J connectivity index is 2.31. The Kier molecular flexibility index (Phi) is 1.51. The molecule has 1 fully saturated rings. The van der Waals surface area contributed by atoms with Crippen LogP contribution in [-0.2, 0) is 9.53 Å². The van der Waals surface area contributed by atoms with Crippen molar-refractivity contribution in [1.29, 1.82) is 0 Å². The van der Waals surface area contributed by atoms with Crippen LogP contribution in [0.2, 0.25) is 0 Å². The van der Waals surface area contributed by atoms with Crippen LogP contribution < -0.4 is 0 Å². The Morgan fingerprint density at radius 2 is 2.33 bits per heavy atom. The Hall–Kier alpha value is -0.520. The van der Waals surface area contributed by atoms with E-state index in [0.29, 0.717) is 0 Å². The lowest BCUT2D eigenvalue weighted by Crippen LogP contribution is -2.49. The van der Waals surface area contributed by atoms with Gasteiger partial charge in [-0.05, 0) is 6.08 Å². The van der Waals surface area contributed by atoms with E-state index >= 15 is 0 Å². The lowest BCUT2D eigenvalue weighted by molar-refractivity contribution is -0.153. The van der Waals surface area contributed by atoms with Crippen molar-refractivity contribution in [3.05, 3.63) is 12.2 Å². The maximum Gasteiger partial charge on any atom is 0.341 e. The van der Waals surface area contributed by atoms with Gasteiger partial charge in [0.2, 0.25) is 0 Å². The summed E-state index contributed by atoms with van der Waals surface area (Å²) < 4.78 is 5.05. The van der Waals surface area contributed by atoms with Crippen LogP contribution in [0.25, 0.3) is 0 Å². The van der Waals surface area contributed by atoms with Crippen LogP contribution >= 0.6 is 12.6 Å². The van der Waals surface area contributed by atoms with E-state index in [4.69, 9.17) is 9.84 Å². The lowest BCUT2D eigenvalue weighted by atomic mass is 9.90. The van der Waals surface area contributed by atoms with Gasteiger partial charge in [0.1, 0.15) is 12.2 Å². The van der Waals surface area contributed by atoms with Gasteiger partial charge in [0.05, 0.1) is 5.25 Å². The summed E-state index contributed by atoms with van der Waals surface area (Å²) in [5.74, 6) is -1.28. The fourth-order valence-electron chi connectivity index (χ4n) is 1.33. The number of rotatable bonds is 1. The maximum atomic E-state index is 10.6. The molecule has 4 nitrogen and oxygen atoms in total. The first-order valence-corrected chi connectivity index (χ1v) is 4.06. The molecule has 0 amide bonds. The molecule has 1 aliphatic heterocycles. The second kappa shape index (κ2) is 2.25. The van der Waals surface area contributed by atoms with Crippen molar-refractivity contribution in [2.45, 2.75) is 23.1 Å². The number of carboxylic acid groups (broad SMARTS) is 1. The molecular weight excluding hydrogens is 180 g/mol. The summed E-state index contributed by atoms with van der Waals surface area (Å²) >= 11 is 4.01. The third kappa shape index (κ3) is 0.903. The number of ether oxygens (including phenoxy) is 1. The minimum absolute atomic E-state index is 0.0490. The molecule has 5 heteroatoms. The Morgan fingerprint density at radius 3 is 2.92 bits per heavy atom. The predicted molar refractivity (Wildman–Crippen MR) is 43.2 cm³/mol. The number of fused-ring (bicyclic) bond motifs is 1. The van der Waals surface area contributed by atoms with E-state index in [1.54, 1.807) is 6.08 Å². The van der Waals surface area contributed by atoms with Crippen molar-refractivity contribution in [2.75, 3.05) is 0 Å². The summed E-state index contributed by atoms with van der Waals surface area (Å²) in [7, 11) is 0. The molecule has 0 unspecified atom stereocenters. The van der Waals surface area contributed by atoms with E-state index in [1.807, 2.05) is 0 Å². The van der Waals surface area contributed by atoms with Gasteiger partial charge < -0.3 is 14.9 Å². The molecule has 4 atom stereocenters. The number of carbonyl (C=O) groups is 1. The summed E-state index contributed by atoms with van der Waals surface area (Å²) in [6, 6.07) is 0. The van der Waals surface area contributed by atoms with E-state index in [2.05, 4.69) is 12.6 Å². The summed E-state index contributed by atoms with van der Waals surface area (Å²) in [5.41, 5.74) is -1.87. The third-order valence-corrected chi connectivity index (χ3v) is 2.89. The number of hydrogen-bond acceptors (Lipinski definition) is 4.